The molecule has 9 heteroatoms. The van der Waals surface area contributed by atoms with Gasteiger partial charge in [-0.1, -0.05) is 16.8 Å². The van der Waals surface area contributed by atoms with E-state index in [1.165, 1.54) is 0 Å². The van der Waals surface area contributed by atoms with Crippen molar-refractivity contribution in [1.29, 1.82) is 0 Å². The smallest absolute Gasteiger partial charge is 0.163 e. The summed E-state index contributed by atoms with van der Waals surface area (Å²) in [5, 5.41) is 7.88. The molecule has 0 atom stereocenters. The topological polar surface area (TPSA) is 85.5 Å². The third-order valence-corrected chi connectivity index (χ3v) is 7.23. The summed E-state index contributed by atoms with van der Waals surface area (Å²) in [6, 6.07) is 6.03. The first kappa shape index (κ1) is 26.4. The molecule has 8 nitrogen and oxygen atoms in total. The van der Waals surface area contributed by atoms with Crippen molar-refractivity contribution in [3.8, 4) is 28.4 Å². The zero-order chi connectivity index (χ0) is 25.8. The minimum absolute atomic E-state index is 0.390. The maximum Gasteiger partial charge on any atom is 0.163 e. The molecule has 0 radical (unpaired) electrons. The van der Waals surface area contributed by atoms with E-state index in [0.29, 0.717) is 29.4 Å². The van der Waals surface area contributed by atoms with Gasteiger partial charge in [-0.3, -0.25) is 0 Å². The molecule has 1 N–H and O–H groups in total. The molecular formula is C27H36ClN5O3. The van der Waals surface area contributed by atoms with Crippen LogP contribution in [0.25, 0.3) is 22.6 Å². The van der Waals surface area contributed by atoms with Crippen LogP contribution in [0.4, 0.5) is 5.82 Å². The van der Waals surface area contributed by atoms with Gasteiger partial charge in [-0.05, 0) is 77.7 Å². The van der Waals surface area contributed by atoms with Crippen LogP contribution in [0.2, 0.25) is 5.02 Å². The molecule has 0 bridgehead atoms. The highest BCUT2D eigenvalue weighted by Gasteiger charge is 2.34. The minimum atomic E-state index is 0.390. The summed E-state index contributed by atoms with van der Waals surface area (Å²) in [5.74, 6) is 3.48. The lowest BCUT2D eigenvalue weighted by atomic mass is 9.80. The molecule has 0 unspecified atom stereocenters. The van der Waals surface area contributed by atoms with Crippen molar-refractivity contribution in [2.75, 3.05) is 45.9 Å². The SMILES string of the molecule is CNCCCOc1ccc(Cl)c(-c2nc(-c3c(C)noc3C)c(C)c(N(C)C3CC(COC)C3)n2)c1. The van der Waals surface area contributed by atoms with E-state index in [9.17, 15) is 0 Å². The van der Waals surface area contributed by atoms with Crippen LogP contribution in [0.15, 0.2) is 22.7 Å². The molecule has 4 rings (SSSR count). The van der Waals surface area contributed by atoms with Crippen LogP contribution in [-0.4, -0.2) is 62.1 Å². The number of benzene rings is 1. The number of anilines is 1. The molecule has 2 heterocycles. The number of rotatable bonds is 11. The van der Waals surface area contributed by atoms with Gasteiger partial charge < -0.3 is 24.2 Å². The summed E-state index contributed by atoms with van der Waals surface area (Å²) in [5.41, 5.74) is 4.22. The first-order valence-corrected chi connectivity index (χ1v) is 12.8. The second-order valence-corrected chi connectivity index (χ2v) is 9.96. The second kappa shape index (κ2) is 11.6. The van der Waals surface area contributed by atoms with Crippen LogP contribution >= 0.6 is 11.6 Å². The highest BCUT2D eigenvalue weighted by molar-refractivity contribution is 6.33. The lowest BCUT2D eigenvalue weighted by molar-refractivity contribution is 0.0978. The Morgan fingerprint density at radius 2 is 1.97 bits per heavy atom. The van der Waals surface area contributed by atoms with E-state index in [2.05, 4.69) is 29.3 Å². The number of halogens is 1. The number of ether oxygens (including phenoxy) is 2. The fourth-order valence-electron chi connectivity index (χ4n) is 4.80. The van der Waals surface area contributed by atoms with E-state index in [1.54, 1.807) is 7.11 Å². The van der Waals surface area contributed by atoms with E-state index < -0.39 is 0 Å². The summed E-state index contributed by atoms with van der Waals surface area (Å²) in [4.78, 5) is 12.3. The molecule has 36 heavy (non-hydrogen) atoms. The third-order valence-electron chi connectivity index (χ3n) is 6.90. The number of nitrogens with zero attached hydrogens (tertiary/aromatic N) is 4. The van der Waals surface area contributed by atoms with Crippen molar-refractivity contribution in [3.63, 3.8) is 0 Å². The van der Waals surface area contributed by atoms with Crippen LogP contribution in [0.1, 0.15) is 36.3 Å². The average molecular weight is 514 g/mol. The van der Waals surface area contributed by atoms with Gasteiger partial charge in [0, 0.05) is 37.9 Å². The van der Waals surface area contributed by atoms with E-state index in [0.717, 1.165) is 77.8 Å². The van der Waals surface area contributed by atoms with Gasteiger partial charge in [-0.2, -0.15) is 0 Å². The average Bonchev–Trinajstić information content (AvgIpc) is 3.17. The van der Waals surface area contributed by atoms with Gasteiger partial charge in [-0.25, -0.2) is 9.97 Å². The molecule has 0 saturated heterocycles. The molecule has 1 aromatic carbocycles. The molecule has 2 aromatic heterocycles. The Morgan fingerprint density at radius 1 is 1.19 bits per heavy atom. The van der Waals surface area contributed by atoms with Crippen molar-refractivity contribution in [2.45, 2.75) is 46.1 Å². The predicted molar refractivity (Wildman–Crippen MR) is 143 cm³/mol. The number of methoxy groups -OCH3 is 1. The quantitative estimate of drug-likeness (QED) is 0.349. The van der Waals surface area contributed by atoms with Crippen molar-refractivity contribution in [3.05, 3.63) is 40.2 Å². The highest BCUT2D eigenvalue weighted by Crippen LogP contribution is 2.40. The standard InChI is InChI=1S/C27H36ClN5O3/c1-16-25(24-17(2)32-36-18(24)3)30-26(31-27(16)33(5)20-12-19(13-20)15-34-6)22-14-21(8-9-23(22)28)35-11-7-10-29-4/h8-9,14,19-20,29H,7,10-13,15H2,1-6H3. The molecule has 1 fully saturated rings. The molecule has 1 aliphatic carbocycles. The summed E-state index contributed by atoms with van der Waals surface area (Å²) >= 11 is 6.68. The lowest BCUT2D eigenvalue weighted by Crippen LogP contribution is -2.44. The van der Waals surface area contributed by atoms with Gasteiger partial charge in [-0.15, -0.1) is 0 Å². The Morgan fingerprint density at radius 3 is 2.64 bits per heavy atom. The first-order valence-electron chi connectivity index (χ1n) is 12.4. The van der Waals surface area contributed by atoms with E-state index >= 15 is 0 Å². The van der Waals surface area contributed by atoms with Gasteiger partial charge in [0.15, 0.2) is 5.82 Å². The van der Waals surface area contributed by atoms with Crippen LogP contribution in [-0.2, 0) is 4.74 Å². The summed E-state index contributed by atoms with van der Waals surface area (Å²) in [6.07, 6.45) is 3.05. The molecule has 194 valence electrons. The molecular weight excluding hydrogens is 478 g/mol. The number of hydrogen-bond acceptors (Lipinski definition) is 8. The Kier molecular flexibility index (Phi) is 8.49. The molecule has 0 spiro atoms. The van der Waals surface area contributed by atoms with Crippen molar-refractivity contribution >= 4 is 17.4 Å². The second-order valence-electron chi connectivity index (χ2n) is 9.55. The molecule has 1 aliphatic rings. The monoisotopic (exact) mass is 513 g/mol. The van der Waals surface area contributed by atoms with Crippen LogP contribution in [0.5, 0.6) is 5.75 Å². The van der Waals surface area contributed by atoms with Crippen molar-refractivity contribution in [1.82, 2.24) is 20.4 Å². The Hall–Kier alpha value is -2.68. The Labute approximate surface area is 218 Å². The van der Waals surface area contributed by atoms with Gasteiger partial charge in [0.1, 0.15) is 17.3 Å². The maximum atomic E-state index is 6.68. The zero-order valence-corrected chi connectivity index (χ0v) is 22.8. The molecule has 3 aromatic rings. The summed E-state index contributed by atoms with van der Waals surface area (Å²) in [6.45, 7) is 8.20. The van der Waals surface area contributed by atoms with Gasteiger partial charge >= 0.3 is 0 Å². The van der Waals surface area contributed by atoms with Crippen LogP contribution < -0.4 is 15.0 Å². The summed E-state index contributed by atoms with van der Waals surface area (Å²) in [7, 11) is 5.80. The number of aryl methyl sites for hydroxylation is 2. The minimum Gasteiger partial charge on any atom is -0.494 e. The molecule has 1 saturated carbocycles. The predicted octanol–water partition coefficient (Wildman–Crippen LogP) is 5.23. The van der Waals surface area contributed by atoms with Gasteiger partial charge in [0.05, 0.1) is 28.6 Å². The normalized spacial score (nSPS) is 17.2. The van der Waals surface area contributed by atoms with Gasteiger partial charge in [0.2, 0.25) is 0 Å². The molecule has 0 amide bonds. The fraction of sp³-hybridized carbons (Fsp3) is 0.519. The van der Waals surface area contributed by atoms with E-state index in [4.69, 9.17) is 35.6 Å². The Bertz CT molecular complexity index is 1170. The van der Waals surface area contributed by atoms with Gasteiger partial charge in [0.25, 0.3) is 0 Å². The zero-order valence-electron chi connectivity index (χ0n) is 22.0. The highest BCUT2D eigenvalue weighted by atomic mass is 35.5. The first-order chi connectivity index (χ1) is 17.3. The maximum absolute atomic E-state index is 6.68. The van der Waals surface area contributed by atoms with Crippen molar-refractivity contribution < 1.29 is 14.0 Å². The Balaban J connectivity index is 1.75. The van der Waals surface area contributed by atoms with E-state index in [-0.39, 0.29) is 0 Å². The fourth-order valence-corrected chi connectivity index (χ4v) is 5.00. The number of nitrogens with one attached hydrogen (secondary N) is 1. The third kappa shape index (κ3) is 5.51. The van der Waals surface area contributed by atoms with E-state index in [1.807, 2.05) is 39.1 Å². The van der Waals surface area contributed by atoms with Crippen LogP contribution in [0, 0.1) is 26.7 Å². The van der Waals surface area contributed by atoms with Crippen molar-refractivity contribution in [2.24, 2.45) is 5.92 Å². The summed E-state index contributed by atoms with van der Waals surface area (Å²) < 4.78 is 16.8. The lowest BCUT2D eigenvalue weighted by Gasteiger charge is -2.42. The largest absolute Gasteiger partial charge is 0.494 e. The van der Waals surface area contributed by atoms with Crippen LogP contribution in [0.3, 0.4) is 0 Å². The number of aromatic nitrogens is 3. The number of hydrogen-bond donors (Lipinski definition) is 1. The molecule has 0 aliphatic heterocycles.